The van der Waals surface area contributed by atoms with Crippen LogP contribution in [0.1, 0.15) is 36.7 Å². The summed E-state index contributed by atoms with van der Waals surface area (Å²) in [7, 11) is 0. The molecule has 0 aliphatic carbocycles. The van der Waals surface area contributed by atoms with Crippen LogP contribution in [0, 0.1) is 11.8 Å². The van der Waals surface area contributed by atoms with Gasteiger partial charge in [0.2, 0.25) is 0 Å². The molecule has 0 bridgehead atoms. The lowest BCUT2D eigenvalue weighted by molar-refractivity contribution is 0.0635. The highest BCUT2D eigenvalue weighted by atomic mass is 16.6. The van der Waals surface area contributed by atoms with Gasteiger partial charge in [-0.1, -0.05) is 36.1 Å². The number of hydrogen-bond donors (Lipinski definition) is 2. The summed E-state index contributed by atoms with van der Waals surface area (Å²) in [6.07, 6.45) is -0.566. The largest absolute Gasteiger partial charge is 0.444 e. The Bertz CT molecular complexity index is 828. The molecule has 134 valence electrons. The van der Waals surface area contributed by atoms with E-state index >= 15 is 0 Å². The van der Waals surface area contributed by atoms with Gasteiger partial charge in [0, 0.05) is 16.8 Å². The van der Waals surface area contributed by atoms with Crippen LogP contribution in [0.4, 0.5) is 10.5 Å². The first-order chi connectivity index (χ1) is 12.3. The maximum atomic E-state index is 12.2. The molecule has 0 heterocycles. The normalized spacial score (nSPS) is 10.3. The van der Waals surface area contributed by atoms with E-state index in [4.69, 9.17) is 4.74 Å². The molecule has 0 aliphatic rings. The molecule has 0 saturated heterocycles. The average molecular weight is 350 g/mol. The van der Waals surface area contributed by atoms with E-state index < -0.39 is 11.7 Å². The van der Waals surface area contributed by atoms with Crippen molar-refractivity contribution in [3.63, 3.8) is 0 Å². The molecule has 0 spiro atoms. The molecule has 0 aliphatic heterocycles. The van der Waals surface area contributed by atoms with Crippen LogP contribution in [0.5, 0.6) is 0 Å². The van der Waals surface area contributed by atoms with Crippen molar-refractivity contribution in [2.75, 3.05) is 11.9 Å². The van der Waals surface area contributed by atoms with E-state index in [1.54, 1.807) is 45.0 Å². The molecule has 2 aromatic rings. The zero-order chi connectivity index (χ0) is 19.0. The van der Waals surface area contributed by atoms with Gasteiger partial charge in [-0.15, -0.1) is 0 Å². The molecule has 2 N–H and O–H groups in total. The molecule has 26 heavy (non-hydrogen) atoms. The molecule has 0 aromatic heterocycles. The molecule has 0 unspecified atom stereocenters. The van der Waals surface area contributed by atoms with Crippen molar-refractivity contribution < 1.29 is 14.3 Å². The lowest BCUT2D eigenvalue weighted by atomic mass is 10.2. The standard InChI is InChI=1S/C21H22N2O3/c1-21(2,3)26-20(25)23-18-13-7-12-17(15-18)19(24)22-14-8-11-16-9-5-4-6-10-16/h4-7,9-10,12-13,15H,14H2,1-3H3,(H,22,24)(H,23,25). The molecule has 0 saturated carbocycles. The molecule has 0 atom stereocenters. The summed E-state index contributed by atoms with van der Waals surface area (Å²) in [5, 5.41) is 5.34. The highest BCUT2D eigenvalue weighted by Gasteiger charge is 2.16. The number of anilines is 1. The van der Waals surface area contributed by atoms with Crippen LogP contribution in [0.15, 0.2) is 54.6 Å². The second kappa shape index (κ2) is 8.72. The zero-order valence-electron chi connectivity index (χ0n) is 15.1. The maximum Gasteiger partial charge on any atom is 0.412 e. The third-order valence-corrected chi connectivity index (χ3v) is 3.11. The Hall–Kier alpha value is -3.26. The number of nitrogens with one attached hydrogen (secondary N) is 2. The topological polar surface area (TPSA) is 67.4 Å². The highest BCUT2D eigenvalue weighted by Crippen LogP contribution is 2.13. The van der Waals surface area contributed by atoms with Gasteiger partial charge in [-0.05, 0) is 51.1 Å². The molecule has 0 fully saturated rings. The first-order valence-corrected chi connectivity index (χ1v) is 8.26. The van der Waals surface area contributed by atoms with E-state index in [1.807, 2.05) is 30.3 Å². The first-order valence-electron chi connectivity index (χ1n) is 8.26. The molecule has 2 rings (SSSR count). The van der Waals surface area contributed by atoms with E-state index in [2.05, 4.69) is 22.5 Å². The van der Waals surface area contributed by atoms with Gasteiger partial charge in [-0.2, -0.15) is 0 Å². The van der Waals surface area contributed by atoms with Crippen molar-refractivity contribution in [1.29, 1.82) is 0 Å². The van der Waals surface area contributed by atoms with Crippen molar-refractivity contribution in [2.24, 2.45) is 0 Å². The number of rotatable bonds is 3. The van der Waals surface area contributed by atoms with Gasteiger partial charge in [0.15, 0.2) is 0 Å². The molecular weight excluding hydrogens is 328 g/mol. The minimum atomic E-state index is -0.587. The van der Waals surface area contributed by atoms with Crippen LogP contribution >= 0.6 is 0 Å². The lowest BCUT2D eigenvalue weighted by Crippen LogP contribution is -2.27. The third kappa shape index (κ3) is 6.70. The van der Waals surface area contributed by atoms with Crippen molar-refractivity contribution in [1.82, 2.24) is 5.32 Å². The van der Waals surface area contributed by atoms with Crippen molar-refractivity contribution >= 4 is 17.7 Å². The van der Waals surface area contributed by atoms with Crippen molar-refractivity contribution in [3.8, 4) is 11.8 Å². The Morgan fingerprint density at radius 2 is 1.77 bits per heavy atom. The summed E-state index contributed by atoms with van der Waals surface area (Å²) in [5.74, 6) is 5.61. The summed E-state index contributed by atoms with van der Waals surface area (Å²) in [6.45, 7) is 5.59. The van der Waals surface area contributed by atoms with Gasteiger partial charge in [-0.3, -0.25) is 10.1 Å². The smallest absolute Gasteiger partial charge is 0.412 e. The van der Waals surface area contributed by atoms with Crippen LogP contribution < -0.4 is 10.6 Å². The van der Waals surface area contributed by atoms with E-state index in [9.17, 15) is 9.59 Å². The van der Waals surface area contributed by atoms with Crippen LogP contribution in [0.25, 0.3) is 0 Å². The van der Waals surface area contributed by atoms with Gasteiger partial charge < -0.3 is 10.1 Å². The van der Waals surface area contributed by atoms with Gasteiger partial charge in [0.1, 0.15) is 5.60 Å². The summed E-state index contributed by atoms with van der Waals surface area (Å²) in [6, 6.07) is 16.2. The molecular formula is C21H22N2O3. The minimum Gasteiger partial charge on any atom is -0.444 e. The number of ether oxygens (including phenoxy) is 1. The summed E-state index contributed by atoms with van der Waals surface area (Å²) in [4.78, 5) is 24.0. The number of carbonyl (C=O) groups excluding carboxylic acids is 2. The number of benzene rings is 2. The van der Waals surface area contributed by atoms with Gasteiger partial charge in [0.05, 0.1) is 6.54 Å². The molecule has 2 amide bonds. The SMILES string of the molecule is CC(C)(C)OC(=O)Nc1cccc(C(=O)NCC#Cc2ccccc2)c1. The Morgan fingerprint density at radius 3 is 2.46 bits per heavy atom. The predicted molar refractivity (Wildman–Crippen MR) is 102 cm³/mol. The van der Waals surface area contributed by atoms with Gasteiger partial charge in [0.25, 0.3) is 5.91 Å². The number of hydrogen-bond acceptors (Lipinski definition) is 3. The highest BCUT2D eigenvalue weighted by molar-refractivity contribution is 5.96. The molecule has 2 aromatic carbocycles. The first kappa shape index (κ1) is 19.1. The van der Waals surface area contributed by atoms with Crippen LogP contribution in [-0.2, 0) is 4.74 Å². The fraction of sp³-hybridized carbons (Fsp3) is 0.238. The molecule has 0 radical (unpaired) electrons. The van der Waals surface area contributed by atoms with Crippen LogP contribution in [0.2, 0.25) is 0 Å². The van der Waals surface area contributed by atoms with E-state index in [1.165, 1.54) is 0 Å². The van der Waals surface area contributed by atoms with E-state index in [0.717, 1.165) is 5.56 Å². The van der Waals surface area contributed by atoms with E-state index in [0.29, 0.717) is 11.3 Å². The average Bonchev–Trinajstić information content (AvgIpc) is 2.58. The summed E-state index contributed by atoms with van der Waals surface area (Å²) >= 11 is 0. The van der Waals surface area contributed by atoms with Gasteiger partial charge in [-0.25, -0.2) is 4.79 Å². The minimum absolute atomic E-state index is 0.234. The van der Waals surface area contributed by atoms with E-state index in [-0.39, 0.29) is 12.5 Å². The maximum absolute atomic E-state index is 12.2. The Balaban J connectivity index is 1.91. The predicted octanol–water partition coefficient (Wildman–Crippen LogP) is 3.82. The Labute approximate surface area is 153 Å². The van der Waals surface area contributed by atoms with Gasteiger partial charge >= 0.3 is 6.09 Å². The monoisotopic (exact) mass is 350 g/mol. The second-order valence-electron chi connectivity index (χ2n) is 6.56. The molecule has 5 heteroatoms. The fourth-order valence-corrected chi connectivity index (χ4v) is 2.05. The van der Waals surface area contributed by atoms with Crippen LogP contribution in [-0.4, -0.2) is 24.1 Å². The third-order valence-electron chi connectivity index (χ3n) is 3.11. The quantitative estimate of drug-likeness (QED) is 0.827. The molecule has 5 nitrogen and oxygen atoms in total. The summed E-state index contributed by atoms with van der Waals surface area (Å²) in [5.41, 5.74) is 1.23. The van der Waals surface area contributed by atoms with Crippen LogP contribution in [0.3, 0.4) is 0 Å². The summed E-state index contributed by atoms with van der Waals surface area (Å²) < 4.78 is 5.19. The Morgan fingerprint density at radius 1 is 1.04 bits per heavy atom. The zero-order valence-corrected chi connectivity index (χ0v) is 15.1. The fourth-order valence-electron chi connectivity index (χ4n) is 2.05. The lowest BCUT2D eigenvalue weighted by Gasteiger charge is -2.19. The Kier molecular flexibility index (Phi) is 6.40. The number of carbonyl (C=O) groups is 2. The van der Waals surface area contributed by atoms with Crippen molar-refractivity contribution in [2.45, 2.75) is 26.4 Å². The number of amides is 2. The van der Waals surface area contributed by atoms with Crippen molar-refractivity contribution in [3.05, 3.63) is 65.7 Å². The second-order valence-corrected chi connectivity index (χ2v) is 6.56.